The molecule has 0 bridgehead atoms. The van der Waals surface area contributed by atoms with Crippen LogP contribution in [0.4, 0.5) is 0 Å². The standard InChI is InChI=1S/C14H20BrNO4/c1-4-5-16(6-7-17)14(18)10-8-11(19-2)13(15)12(9-10)20-3/h8-9,17H,4-7H2,1-3H3. The predicted molar refractivity (Wildman–Crippen MR) is 80.5 cm³/mol. The van der Waals surface area contributed by atoms with Gasteiger partial charge < -0.3 is 19.5 Å². The summed E-state index contributed by atoms with van der Waals surface area (Å²) in [7, 11) is 3.07. The molecule has 112 valence electrons. The Bertz CT molecular complexity index is 433. The van der Waals surface area contributed by atoms with Crippen molar-refractivity contribution in [1.29, 1.82) is 0 Å². The summed E-state index contributed by atoms with van der Waals surface area (Å²) >= 11 is 3.37. The molecule has 0 aliphatic heterocycles. The van der Waals surface area contributed by atoms with E-state index in [0.29, 0.717) is 34.6 Å². The van der Waals surface area contributed by atoms with Gasteiger partial charge in [0.15, 0.2) is 0 Å². The van der Waals surface area contributed by atoms with Crippen molar-refractivity contribution in [2.24, 2.45) is 0 Å². The van der Waals surface area contributed by atoms with Crippen molar-refractivity contribution in [3.63, 3.8) is 0 Å². The van der Waals surface area contributed by atoms with Crippen LogP contribution in [0.15, 0.2) is 16.6 Å². The van der Waals surface area contributed by atoms with E-state index in [1.54, 1.807) is 17.0 Å². The Kier molecular flexibility index (Phi) is 6.81. The monoisotopic (exact) mass is 345 g/mol. The summed E-state index contributed by atoms with van der Waals surface area (Å²) in [5.41, 5.74) is 0.476. The largest absolute Gasteiger partial charge is 0.495 e. The minimum atomic E-state index is -0.148. The Labute approximate surface area is 127 Å². The zero-order valence-electron chi connectivity index (χ0n) is 12.0. The van der Waals surface area contributed by atoms with Crippen molar-refractivity contribution in [1.82, 2.24) is 4.90 Å². The van der Waals surface area contributed by atoms with E-state index in [1.807, 2.05) is 6.92 Å². The minimum absolute atomic E-state index is 0.0590. The van der Waals surface area contributed by atoms with Gasteiger partial charge in [-0.1, -0.05) is 6.92 Å². The van der Waals surface area contributed by atoms with Crippen LogP contribution < -0.4 is 9.47 Å². The summed E-state index contributed by atoms with van der Waals surface area (Å²) in [5, 5.41) is 9.05. The lowest BCUT2D eigenvalue weighted by Crippen LogP contribution is -2.34. The van der Waals surface area contributed by atoms with Crippen LogP contribution in [0.1, 0.15) is 23.7 Å². The van der Waals surface area contributed by atoms with Gasteiger partial charge in [0.25, 0.3) is 5.91 Å². The number of hydrogen-bond acceptors (Lipinski definition) is 4. The second-order valence-corrected chi connectivity index (χ2v) is 5.00. The summed E-state index contributed by atoms with van der Waals surface area (Å²) in [5.74, 6) is 0.922. The average Bonchev–Trinajstić information content (AvgIpc) is 2.46. The first-order chi connectivity index (χ1) is 9.58. The number of aliphatic hydroxyl groups is 1. The highest BCUT2D eigenvalue weighted by Gasteiger charge is 2.19. The van der Waals surface area contributed by atoms with E-state index in [9.17, 15) is 4.79 Å². The summed E-state index contributed by atoms with van der Waals surface area (Å²) in [4.78, 5) is 14.1. The number of carbonyl (C=O) groups excluding carboxylic acids is 1. The molecule has 0 aliphatic rings. The van der Waals surface area contributed by atoms with Crippen LogP contribution in [0.5, 0.6) is 11.5 Å². The molecule has 1 aromatic carbocycles. The van der Waals surface area contributed by atoms with E-state index < -0.39 is 0 Å². The molecule has 1 aromatic rings. The number of halogens is 1. The van der Waals surface area contributed by atoms with Gasteiger partial charge >= 0.3 is 0 Å². The number of methoxy groups -OCH3 is 2. The zero-order chi connectivity index (χ0) is 15.1. The molecule has 20 heavy (non-hydrogen) atoms. The second-order valence-electron chi connectivity index (χ2n) is 4.21. The second kappa shape index (κ2) is 8.11. The molecule has 5 nitrogen and oxygen atoms in total. The molecule has 0 radical (unpaired) electrons. The van der Waals surface area contributed by atoms with Crippen molar-refractivity contribution in [2.45, 2.75) is 13.3 Å². The summed E-state index contributed by atoms with van der Waals surface area (Å²) in [6, 6.07) is 3.32. The number of carbonyl (C=O) groups is 1. The topological polar surface area (TPSA) is 59.0 Å². The maximum Gasteiger partial charge on any atom is 0.254 e. The van der Waals surface area contributed by atoms with Crippen molar-refractivity contribution in [3.05, 3.63) is 22.2 Å². The number of rotatable bonds is 7. The maximum atomic E-state index is 12.5. The average molecular weight is 346 g/mol. The SMILES string of the molecule is CCCN(CCO)C(=O)c1cc(OC)c(Br)c(OC)c1. The van der Waals surface area contributed by atoms with Crippen molar-refractivity contribution in [3.8, 4) is 11.5 Å². The highest BCUT2D eigenvalue weighted by atomic mass is 79.9. The Morgan fingerprint density at radius 3 is 2.20 bits per heavy atom. The number of amides is 1. The Morgan fingerprint density at radius 1 is 1.25 bits per heavy atom. The van der Waals surface area contributed by atoms with Gasteiger partial charge in [-0.25, -0.2) is 0 Å². The number of ether oxygens (including phenoxy) is 2. The van der Waals surface area contributed by atoms with Crippen LogP contribution in [0.3, 0.4) is 0 Å². The first-order valence-corrected chi connectivity index (χ1v) is 7.19. The van der Waals surface area contributed by atoms with Gasteiger partial charge in [-0.3, -0.25) is 4.79 Å². The van der Waals surface area contributed by atoms with E-state index in [1.165, 1.54) is 14.2 Å². The molecule has 0 spiro atoms. The summed E-state index contributed by atoms with van der Waals surface area (Å²) < 4.78 is 11.1. The number of benzene rings is 1. The lowest BCUT2D eigenvalue weighted by molar-refractivity contribution is 0.0721. The molecule has 0 aliphatic carbocycles. The molecule has 0 aromatic heterocycles. The Balaban J connectivity index is 3.13. The third-order valence-electron chi connectivity index (χ3n) is 2.84. The van der Waals surface area contributed by atoms with Gasteiger partial charge in [-0.2, -0.15) is 0 Å². The summed E-state index contributed by atoms with van der Waals surface area (Å²) in [6.07, 6.45) is 0.830. The highest BCUT2D eigenvalue weighted by Crippen LogP contribution is 2.35. The fraction of sp³-hybridized carbons (Fsp3) is 0.500. The quantitative estimate of drug-likeness (QED) is 0.823. The smallest absolute Gasteiger partial charge is 0.254 e. The highest BCUT2D eigenvalue weighted by molar-refractivity contribution is 9.10. The van der Waals surface area contributed by atoms with Crippen molar-refractivity contribution >= 4 is 21.8 Å². The van der Waals surface area contributed by atoms with Crippen LogP contribution in [0, 0.1) is 0 Å². The lowest BCUT2D eigenvalue weighted by atomic mass is 10.1. The van der Waals surface area contributed by atoms with Crippen LogP contribution in [0.25, 0.3) is 0 Å². The molecule has 1 N–H and O–H groups in total. The van der Waals surface area contributed by atoms with Gasteiger partial charge in [0, 0.05) is 18.7 Å². The fourth-order valence-corrected chi connectivity index (χ4v) is 2.43. The van der Waals surface area contributed by atoms with Crippen LogP contribution >= 0.6 is 15.9 Å². The number of aliphatic hydroxyl groups excluding tert-OH is 1. The van der Waals surface area contributed by atoms with E-state index >= 15 is 0 Å². The van der Waals surface area contributed by atoms with Crippen LogP contribution in [-0.2, 0) is 0 Å². The van der Waals surface area contributed by atoms with E-state index in [0.717, 1.165) is 6.42 Å². The van der Waals surface area contributed by atoms with Crippen molar-refractivity contribution < 1.29 is 19.4 Å². The molecule has 1 rings (SSSR count). The number of nitrogens with zero attached hydrogens (tertiary/aromatic N) is 1. The molecule has 0 saturated heterocycles. The van der Waals surface area contributed by atoms with E-state index in [-0.39, 0.29) is 12.5 Å². The lowest BCUT2D eigenvalue weighted by Gasteiger charge is -2.22. The first kappa shape index (κ1) is 16.8. The fourth-order valence-electron chi connectivity index (χ4n) is 1.88. The van der Waals surface area contributed by atoms with E-state index in [2.05, 4.69) is 15.9 Å². The number of hydrogen-bond donors (Lipinski definition) is 1. The summed E-state index contributed by atoms with van der Waals surface area (Å²) in [6.45, 7) is 2.84. The Morgan fingerprint density at radius 2 is 1.80 bits per heavy atom. The molecule has 1 amide bonds. The third kappa shape index (κ3) is 3.86. The predicted octanol–water partition coefficient (Wildman–Crippen LogP) is 2.31. The molecule has 0 atom stereocenters. The van der Waals surface area contributed by atoms with Gasteiger partial charge in [-0.15, -0.1) is 0 Å². The van der Waals surface area contributed by atoms with Crippen molar-refractivity contribution in [2.75, 3.05) is 33.9 Å². The molecular formula is C14H20BrNO4. The van der Waals surface area contributed by atoms with E-state index in [4.69, 9.17) is 14.6 Å². The van der Waals surface area contributed by atoms with Gasteiger partial charge in [0.2, 0.25) is 0 Å². The van der Waals surface area contributed by atoms with Gasteiger partial charge in [0.1, 0.15) is 16.0 Å². The third-order valence-corrected chi connectivity index (χ3v) is 3.62. The maximum absolute atomic E-state index is 12.5. The Hall–Kier alpha value is -1.27. The molecule has 6 heteroatoms. The van der Waals surface area contributed by atoms with Crippen LogP contribution in [-0.4, -0.2) is 49.8 Å². The zero-order valence-corrected chi connectivity index (χ0v) is 13.6. The molecule has 0 fully saturated rings. The van der Waals surface area contributed by atoms with Gasteiger partial charge in [-0.05, 0) is 34.5 Å². The molecule has 0 saturated carbocycles. The minimum Gasteiger partial charge on any atom is -0.495 e. The first-order valence-electron chi connectivity index (χ1n) is 6.40. The molecule has 0 heterocycles. The van der Waals surface area contributed by atoms with Gasteiger partial charge in [0.05, 0.1) is 20.8 Å². The normalized spacial score (nSPS) is 10.2. The van der Waals surface area contributed by atoms with Crippen LogP contribution in [0.2, 0.25) is 0 Å². The molecular weight excluding hydrogens is 326 g/mol. The molecule has 0 unspecified atom stereocenters.